The lowest BCUT2D eigenvalue weighted by Gasteiger charge is -2.17. The van der Waals surface area contributed by atoms with Gasteiger partial charge in [-0.2, -0.15) is 0 Å². The first-order valence-electron chi connectivity index (χ1n) is 10.3. The Morgan fingerprint density at radius 3 is 2.52 bits per heavy atom. The molecule has 31 heavy (non-hydrogen) atoms. The van der Waals surface area contributed by atoms with E-state index in [4.69, 9.17) is 18.6 Å². The minimum Gasteiger partial charge on any atom is -0.492 e. The lowest BCUT2D eigenvalue weighted by Crippen LogP contribution is -2.18. The van der Waals surface area contributed by atoms with Crippen molar-refractivity contribution in [2.45, 2.75) is 39.7 Å². The van der Waals surface area contributed by atoms with Crippen LogP contribution in [-0.4, -0.2) is 18.7 Å². The zero-order valence-electron chi connectivity index (χ0n) is 17.9. The van der Waals surface area contributed by atoms with Gasteiger partial charge in [0.25, 0.3) is 5.75 Å². The topological polar surface area (TPSA) is 75.0 Å². The van der Waals surface area contributed by atoms with Crippen LogP contribution in [0.1, 0.15) is 44.0 Å². The fraction of sp³-hybridized carbons (Fsp3) is 0.280. The average Bonchev–Trinajstić information content (AvgIpc) is 2.76. The molecular formula is C25H26O6. The highest BCUT2D eigenvalue weighted by Crippen LogP contribution is 2.39. The van der Waals surface area contributed by atoms with Gasteiger partial charge in [0.15, 0.2) is 5.75 Å². The molecule has 0 atom stereocenters. The minimum absolute atomic E-state index is 0.130. The van der Waals surface area contributed by atoms with E-state index in [9.17, 15) is 9.59 Å². The van der Waals surface area contributed by atoms with E-state index in [0.29, 0.717) is 28.9 Å². The monoisotopic (exact) mass is 422 g/mol. The summed E-state index contributed by atoms with van der Waals surface area (Å²) < 4.78 is 22.7. The molecule has 6 nitrogen and oxygen atoms in total. The number of hydrogen-bond acceptors (Lipinski definition) is 6. The molecule has 1 heterocycles. The Morgan fingerprint density at radius 2 is 1.81 bits per heavy atom. The van der Waals surface area contributed by atoms with Gasteiger partial charge in [0, 0.05) is 0 Å². The van der Waals surface area contributed by atoms with Crippen LogP contribution in [0.25, 0.3) is 11.0 Å². The van der Waals surface area contributed by atoms with Crippen LogP contribution in [0.2, 0.25) is 0 Å². The van der Waals surface area contributed by atoms with E-state index in [1.54, 1.807) is 48.5 Å². The van der Waals surface area contributed by atoms with Gasteiger partial charge >= 0.3 is 11.6 Å². The minimum atomic E-state index is -0.796. The Labute approximate surface area is 181 Å². The van der Waals surface area contributed by atoms with Gasteiger partial charge in [0.2, 0.25) is 0 Å². The summed E-state index contributed by atoms with van der Waals surface area (Å²) >= 11 is 0. The van der Waals surface area contributed by atoms with Crippen LogP contribution in [-0.2, 0) is 0 Å². The van der Waals surface area contributed by atoms with E-state index in [1.807, 2.05) is 19.9 Å². The molecule has 0 N–H and O–H groups in total. The van der Waals surface area contributed by atoms with Gasteiger partial charge in [0.05, 0.1) is 18.3 Å². The molecule has 0 amide bonds. The van der Waals surface area contributed by atoms with Gasteiger partial charge in [-0.15, -0.1) is 0 Å². The van der Waals surface area contributed by atoms with Crippen molar-refractivity contribution in [3.05, 3.63) is 76.7 Å². The number of allylic oxidation sites excluding steroid dienone is 1. The quantitative estimate of drug-likeness (QED) is 0.195. The zero-order chi connectivity index (χ0) is 22.2. The fourth-order valence-corrected chi connectivity index (χ4v) is 2.98. The van der Waals surface area contributed by atoms with E-state index in [1.165, 1.54) is 0 Å². The van der Waals surface area contributed by atoms with E-state index < -0.39 is 11.6 Å². The molecule has 3 aromatic rings. The molecule has 0 aliphatic heterocycles. The second-order valence-corrected chi connectivity index (χ2v) is 7.12. The number of esters is 1. The van der Waals surface area contributed by atoms with Crippen LogP contribution in [0.5, 0.6) is 17.2 Å². The third kappa shape index (κ3) is 5.54. The lowest BCUT2D eigenvalue weighted by molar-refractivity contribution is 0.0718. The van der Waals surface area contributed by atoms with Crippen molar-refractivity contribution in [1.82, 2.24) is 0 Å². The van der Waals surface area contributed by atoms with E-state index in [0.717, 1.165) is 12.8 Å². The smallest absolute Gasteiger partial charge is 0.383 e. The third-order valence-corrected chi connectivity index (χ3v) is 4.31. The largest absolute Gasteiger partial charge is 0.492 e. The van der Waals surface area contributed by atoms with Crippen molar-refractivity contribution in [3.63, 3.8) is 0 Å². The predicted octanol–water partition coefficient (Wildman–Crippen LogP) is 5.53. The highest BCUT2D eigenvalue weighted by atomic mass is 16.6. The van der Waals surface area contributed by atoms with Crippen molar-refractivity contribution in [2.75, 3.05) is 6.61 Å². The summed E-state index contributed by atoms with van der Waals surface area (Å²) in [6.45, 7) is 6.15. The van der Waals surface area contributed by atoms with Crippen LogP contribution in [0, 0.1) is 0 Å². The molecule has 2 aromatic carbocycles. The van der Waals surface area contributed by atoms with Crippen molar-refractivity contribution >= 4 is 16.9 Å². The van der Waals surface area contributed by atoms with Gasteiger partial charge in [-0.3, -0.25) is 0 Å². The van der Waals surface area contributed by atoms with Gasteiger partial charge in [-0.1, -0.05) is 43.3 Å². The van der Waals surface area contributed by atoms with Crippen LogP contribution in [0.3, 0.4) is 0 Å². The summed E-state index contributed by atoms with van der Waals surface area (Å²) in [4.78, 5) is 25.3. The summed E-state index contributed by atoms with van der Waals surface area (Å²) in [5.41, 5.74) is -0.193. The Morgan fingerprint density at radius 1 is 1.03 bits per heavy atom. The van der Waals surface area contributed by atoms with Gasteiger partial charge in [0.1, 0.15) is 16.7 Å². The van der Waals surface area contributed by atoms with Crippen molar-refractivity contribution < 1.29 is 23.4 Å². The maximum absolute atomic E-state index is 12.7. The first-order valence-corrected chi connectivity index (χ1v) is 10.3. The van der Waals surface area contributed by atoms with E-state index in [2.05, 4.69) is 13.0 Å². The Bertz CT molecular complexity index is 1110. The summed E-state index contributed by atoms with van der Waals surface area (Å²) in [5, 5.41) is 0.450. The standard InChI is InChI=1S/C25H26O6/c1-4-5-6-10-16-28-19-14-11-15-20-21(19)22(29-17(2)3)23(25(27)30-20)31-24(26)18-12-8-7-9-13-18/h5-9,11-15,17H,4,10,16H2,1-3H3. The second-order valence-electron chi connectivity index (χ2n) is 7.12. The van der Waals surface area contributed by atoms with Crippen LogP contribution < -0.4 is 19.8 Å². The summed E-state index contributed by atoms with van der Waals surface area (Å²) in [6.07, 6.45) is 5.53. The maximum atomic E-state index is 12.7. The molecule has 0 spiro atoms. The Hall–Kier alpha value is -3.54. The Balaban J connectivity index is 2.05. The first-order chi connectivity index (χ1) is 15.0. The fourth-order valence-electron chi connectivity index (χ4n) is 2.98. The van der Waals surface area contributed by atoms with E-state index >= 15 is 0 Å². The molecule has 0 bridgehead atoms. The van der Waals surface area contributed by atoms with Crippen molar-refractivity contribution in [1.29, 1.82) is 0 Å². The third-order valence-electron chi connectivity index (χ3n) is 4.31. The van der Waals surface area contributed by atoms with Gasteiger partial charge < -0.3 is 18.6 Å². The molecule has 0 aliphatic rings. The number of carbonyl (C=O) groups is 1. The maximum Gasteiger partial charge on any atom is 0.383 e. The summed E-state index contributed by atoms with van der Waals surface area (Å²) in [5.74, 6) is -0.356. The van der Waals surface area contributed by atoms with Gasteiger partial charge in [-0.05, 0) is 51.0 Å². The highest BCUT2D eigenvalue weighted by molar-refractivity contribution is 5.95. The molecule has 0 saturated carbocycles. The number of rotatable bonds is 9. The van der Waals surface area contributed by atoms with Gasteiger partial charge in [-0.25, -0.2) is 9.59 Å². The van der Waals surface area contributed by atoms with Crippen LogP contribution in [0.15, 0.2) is 69.9 Å². The summed E-state index contributed by atoms with van der Waals surface area (Å²) in [6, 6.07) is 13.6. The molecule has 0 fully saturated rings. The Kier molecular flexibility index (Phi) is 7.49. The highest BCUT2D eigenvalue weighted by Gasteiger charge is 2.24. The van der Waals surface area contributed by atoms with Crippen molar-refractivity contribution in [3.8, 4) is 17.2 Å². The SMILES string of the molecule is CCC=CCCOc1cccc2oc(=O)c(OC(=O)c3ccccc3)c(OC(C)C)c12. The number of ether oxygens (including phenoxy) is 3. The molecule has 0 aliphatic carbocycles. The molecule has 6 heteroatoms. The number of hydrogen-bond donors (Lipinski definition) is 0. The second kappa shape index (κ2) is 10.5. The molecular weight excluding hydrogens is 396 g/mol. The van der Waals surface area contributed by atoms with E-state index in [-0.39, 0.29) is 17.6 Å². The normalized spacial score (nSPS) is 11.2. The van der Waals surface area contributed by atoms with Crippen LogP contribution in [0.4, 0.5) is 0 Å². The molecule has 0 radical (unpaired) electrons. The van der Waals surface area contributed by atoms with Crippen molar-refractivity contribution in [2.24, 2.45) is 0 Å². The summed E-state index contributed by atoms with van der Waals surface area (Å²) in [7, 11) is 0. The average molecular weight is 422 g/mol. The molecule has 162 valence electrons. The number of fused-ring (bicyclic) bond motifs is 1. The lowest BCUT2D eigenvalue weighted by atomic mass is 10.2. The molecule has 1 aromatic heterocycles. The first kappa shape index (κ1) is 22.2. The van der Waals surface area contributed by atoms with Crippen LogP contribution >= 0.6 is 0 Å². The number of benzene rings is 2. The molecule has 3 rings (SSSR count). The number of carbonyl (C=O) groups excluding carboxylic acids is 1. The predicted molar refractivity (Wildman–Crippen MR) is 119 cm³/mol. The zero-order valence-corrected chi connectivity index (χ0v) is 17.9. The molecule has 0 unspecified atom stereocenters. The molecule has 0 saturated heterocycles.